The Morgan fingerprint density at radius 3 is 2.50 bits per heavy atom. The van der Waals surface area contributed by atoms with Gasteiger partial charge in [0.05, 0.1) is 5.56 Å². The first-order valence-corrected chi connectivity index (χ1v) is 8.20. The largest absolute Gasteiger partial charge is 0.416 e. The van der Waals surface area contributed by atoms with Crippen molar-refractivity contribution in [1.29, 1.82) is 0 Å². The Morgan fingerprint density at radius 2 is 1.92 bits per heavy atom. The molecule has 0 saturated carbocycles. The molecule has 10 heteroatoms. The zero-order valence-electron chi connectivity index (χ0n) is 14.3. The van der Waals surface area contributed by atoms with Gasteiger partial charge in [-0.25, -0.2) is 4.68 Å². The second-order valence-corrected chi connectivity index (χ2v) is 6.30. The van der Waals surface area contributed by atoms with Crippen molar-refractivity contribution in [1.82, 2.24) is 30.0 Å². The SMILES string of the molecule is Cc1cc(C(F)(F)F)ccc1CN1CCN(C(=O)Cn2cnnn2)CC1. The number of piperazine rings is 1. The maximum absolute atomic E-state index is 12.8. The Hall–Kier alpha value is -2.49. The molecule has 1 aliphatic rings. The molecule has 7 nitrogen and oxygen atoms in total. The number of carbonyl (C=O) groups is 1. The van der Waals surface area contributed by atoms with Crippen molar-refractivity contribution in [2.24, 2.45) is 0 Å². The van der Waals surface area contributed by atoms with E-state index in [0.717, 1.165) is 11.6 Å². The number of benzene rings is 1. The molecule has 0 bridgehead atoms. The highest BCUT2D eigenvalue weighted by molar-refractivity contribution is 5.75. The molecule has 2 aromatic rings. The van der Waals surface area contributed by atoms with E-state index in [1.165, 1.54) is 23.1 Å². The molecule has 1 aromatic heterocycles. The molecule has 3 rings (SSSR count). The molecule has 26 heavy (non-hydrogen) atoms. The lowest BCUT2D eigenvalue weighted by Gasteiger charge is -2.35. The highest BCUT2D eigenvalue weighted by atomic mass is 19.4. The zero-order valence-corrected chi connectivity index (χ0v) is 14.3. The van der Waals surface area contributed by atoms with Crippen LogP contribution in [0.5, 0.6) is 0 Å². The van der Waals surface area contributed by atoms with Crippen molar-refractivity contribution >= 4 is 5.91 Å². The maximum atomic E-state index is 12.8. The van der Waals surface area contributed by atoms with Crippen molar-refractivity contribution in [3.8, 4) is 0 Å². The highest BCUT2D eigenvalue weighted by Crippen LogP contribution is 2.30. The summed E-state index contributed by atoms with van der Waals surface area (Å²) in [5, 5.41) is 10.7. The van der Waals surface area contributed by atoms with Gasteiger partial charge in [-0.1, -0.05) is 6.07 Å². The Labute approximate surface area is 148 Å². The third kappa shape index (κ3) is 4.37. The summed E-state index contributed by atoms with van der Waals surface area (Å²) in [5.74, 6) is -0.0531. The first kappa shape index (κ1) is 18.3. The lowest BCUT2D eigenvalue weighted by atomic mass is 10.0. The van der Waals surface area contributed by atoms with Crippen molar-refractivity contribution < 1.29 is 18.0 Å². The Morgan fingerprint density at radius 1 is 1.19 bits per heavy atom. The summed E-state index contributed by atoms with van der Waals surface area (Å²) in [7, 11) is 0. The van der Waals surface area contributed by atoms with Crippen LogP contribution in [0.2, 0.25) is 0 Å². The van der Waals surface area contributed by atoms with Crippen LogP contribution in [0.15, 0.2) is 24.5 Å². The number of alkyl halides is 3. The fourth-order valence-corrected chi connectivity index (χ4v) is 2.94. The van der Waals surface area contributed by atoms with Crippen LogP contribution in [0.4, 0.5) is 13.2 Å². The molecule has 2 heterocycles. The third-order valence-corrected chi connectivity index (χ3v) is 4.48. The van der Waals surface area contributed by atoms with Crippen LogP contribution in [0.25, 0.3) is 0 Å². The van der Waals surface area contributed by atoms with Crippen molar-refractivity contribution in [2.75, 3.05) is 26.2 Å². The fourth-order valence-electron chi connectivity index (χ4n) is 2.94. The number of carbonyl (C=O) groups excluding carboxylic acids is 1. The molecule has 140 valence electrons. The van der Waals surface area contributed by atoms with E-state index >= 15 is 0 Å². The molecule has 1 aromatic carbocycles. The molecule has 0 unspecified atom stereocenters. The molecule has 0 atom stereocenters. The number of nitrogens with zero attached hydrogens (tertiary/aromatic N) is 6. The monoisotopic (exact) mass is 368 g/mol. The summed E-state index contributed by atoms with van der Waals surface area (Å²) in [5.41, 5.74) is 0.861. The van der Waals surface area contributed by atoms with E-state index in [1.54, 1.807) is 11.8 Å². The number of aryl methyl sites for hydroxylation is 1. The molecule has 1 saturated heterocycles. The standard InChI is InChI=1S/C16H19F3N6O/c1-12-8-14(16(17,18)19)3-2-13(12)9-23-4-6-24(7-5-23)15(26)10-25-11-20-21-22-25/h2-3,8,11H,4-7,9-10H2,1H3. The number of rotatable bonds is 4. The van der Waals surface area contributed by atoms with Gasteiger partial charge in [0.1, 0.15) is 12.9 Å². The minimum absolute atomic E-state index is 0.0531. The van der Waals surface area contributed by atoms with E-state index < -0.39 is 11.7 Å². The third-order valence-electron chi connectivity index (χ3n) is 4.48. The molecular weight excluding hydrogens is 349 g/mol. The van der Waals surface area contributed by atoms with Crippen LogP contribution < -0.4 is 0 Å². The summed E-state index contributed by atoms with van der Waals surface area (Å²) in [4.78, 5) is 16.1. The van der Waals surface area contributed by atoms with Crippen LogP contribution in [0.3, 0.4) is 0 Å². The quantitative estimate of drug-likeness (QED) is 0.815. The Bertz CT molecular complexity index is 754. The minimum Gasteiger partial charge on any atom is -0.339 e. The number of tetrazole rings is 1. The van der Waals surface area contributed by atoms with E-state index in [1.807, 2.05) is 0 Å². The number of hydrogen-bond donors (Lipinski definition) is 0. The van der Waals surface area contributed by atoms with Crippen molar-refractivity contribution in [2.45, 2.75) is 26.2 Å². The van der Waals surface area contributed by atoms with Gasteiger partial charge in [-0.05, 0) is 40.6 Å². The van der Waals surface area contributed by atoms with Gasteiger partial charge in [0.2, 0.25) is 5.91 Å². The lowest BCUT2D eigenvalue weighted by Crippen LogP contribution is -2.49. The summed E-state index contributed by atoms with van der Waals surface area (Å²) >= 11 is 0. The smallest absolute Gasteiger partial charge is 0.339 e. The molecule has 0 N–H and O–H groups in total. The van der Waals surface area contributed by atoms with Crippen LogP contribution in [-0.2, 0) is 24.1 Å². The predicted octanol–water partition coefficient (Wildman–Crippen LogP) is 1.34. The van der Waals surface area contributed by atoms with E-state index in [0.29, 0.717) is 38.3 Å². The molecule has 0 spiro atoms. The second kappa shape index (κ2) is 7.40. The second-order valence-electron chi connectivity index (χ2n) is 6.30. The molecule has 1 fully saturated rings. The molecular formula is C16H19F3N6O. The summed E-state index contributed by atoms with van der Waals surface area (Å²) in [6, 6.07) is 3.84. The summed E-state index contributed by atoms with van der Waals surface area (Å²) in [6.07, 6.45) is -2.93. The van der Waals surface area contributed by atoms with Gasteiger partial charge in [-0.3, -0.25) is 9.69 Å². The number of hydrogen-bond acceptors (Lipinski definition) is 5. The van der Waals surface area contributed by atoms with E-state index in [4.69, 9.17) is 0 Å². The maximum Gasteiger partial charge on any atom is 0.416 e. The fraction of sp³-hybridized carbons (Fsp3) is 0.500. The van der Waals surface area contributed by atoms with Crippen molar-refractivity contribution in [3.63, 3.8) is 0 Å². The van der Waals surface area contributed by atoms with Gasteiger partial charge in [0, 0.05) is 32.7 Å². The first-order chi connectivity index (χ1) is 12.3. The lowest BCUT2D eigenvalue weighted by molar-refractivity contribution is -0.137. The highest BCUT2D eigenvalue weighted by Gasteiger charge is 2.30. The van der Waals surface area contributed by atoms with Gasteiger partial charge in [-0.2, -0.15) is 13.2 Å². The molecule has 1 amide bonds. The summed E-state index contributed by atoms with van der Waals surface area (Å²) < 4.78 is 39.6. The van der Waals surface area contributed by atoms with Gasteiger partial charge in [0.15, 0.2) is 0 Å². The topological polar surface area (TPSA) is 67.2 Å². The normalized spacial score (nSPS) is 16.1. The van der Waals surface area contributed by atoms with Gasteiger partial charge in [-0.15, -0.1) is 5.10 Å². The Balaban J connectivity index is 1.53. The molecule has 0 aliphatic carbocycles. The van der Waals surface area contributed by atoms with Crippen molar-refractivity contribution in [3.05, 3.63) is 41.2 Å². The number of halogens is 3. The first-order valence-electron chi connectivity index (χ1n) is 8.20. The molecule has 1 aliphatic heterocycles. The summed E-state index contributed by atoms with van der Waals surface area (Å²) in [6.45, 7) is 4.84. The Kier molecular flexibility index (Phi) is 5.21. The van der Waals surface area contributed by atoms with Crippen LogP contribution >= 0.6 is 0 Å². The zero-order chi connectivity index (χ0) is 18.7. The number of amides is 1. The van der Waals surface area contributed by atoms with Gasteiger partial charge < -0.3 is 4.90 Å². The van der Waals surface area contributed by atoms with Crippen LogP contribution in [-0.4, -0.2) is 62.1 Å². The van der Waals surface area contributed by atoms with E-state index in [2.05, 4.69) is 20.4 Å². The van der Waals surface area contributed by atoms with E-state index in [-0.39, 0.29) is 12.5 Å². The van der Waals surface area contributed by atoms with Crippen LogP contribution in [0, 0.1) is 6.92 Å². The van der Waals surface area contributed by atoms with Crippen LogP contribution in [0.1, 0.15) is 16.7 Å². The predicted molar refractivity (Wildman–Crippen MR) is 85.9 cm³/mol. The van der Waals surface area contributed by atoms with E-state index in [9.17, 15) is 18.0 Å². The van der Waals surface area contributed by atoms with Gasteiger partial charge >= 0.3 is 6.18 Å². The van der Waals surface area contributed by atoms with Gasteiger partial charge in [0.25, 0.3) is 0 Å². The molecule has 0 radical (unpaired) electrons. The average Bonchev–Trinajstić information content (AvgIpc) is 3.09. The number of aromatic nitrogens is 4. The minimum atomic E-state index is -4.32. The average molecular weight is 368 g/mol.